The normalized spacial score (nSPS) is 26.2. The summed E-state index contributed by atoms with van der Waals surface area (Å²) in [5.74, 6) is 0.508. The Morgan fingerprint density at radius 3 is 2.35 bits per heavy atom. The van der Waals surface area contributed by atoms with Crippen LogP contribution in [0.1, 0.15) is 48.5 Å². The second-order valence-corrected chi connectivity index (χ2v) is 5.93. The lowest BCUT2D eigenvalue weighted by molar-refractivity contribution is 0.0717. The first-order valence-corrected chi connectivity index (χ1v) is 7.22. The van der Waals surface area contributed by atoms with Gasteiger partial charge in [-0.3, -0.25) is 4.79 Å². The molecule has 4 heteroatoms. The molecule has 1 aromatic rings. The molecule has 0 heterocycles. The van der Waals surface area contributed by atoms with Crippen molar-refractivity contribution in [3.63, 3.8) is 0 Å². The molecule has 2 rings (SSSR count). The minimum absolute atomic E-state index is 0.0137. The Kier molecular flexibility index (Phi) is 4.78. The average molecular weight is 277 g/mol. The zero-order valence-corrected chi connectivity index (χ0v) is 11.9. The van der Waals surface area contributed by atoms with Crippen LogP contribution < -0.4 is 5.32 Å². The number of amides is 1. The zero-order chi connectivity index (χ0) is 14.6. The van der Waals surface area contributed by atoms with Crippen molar-refractivity contribution in [1.29, 1.82) is 0 Å². The molecule has 0 aromatic heterocycles. The van der Waals surface area contributed by atoms with Crippen molar-refractivity contribution < 1.29 is 15.0 Å². The van der Waals surface area contributed by atoms with Crippen molar-refractivity contribution in [2.45, 2.75) is 44.8 Å². The van der Waals surface area contributed by atoms with Crippen molar-refractivity contribution in [1.82, 2.24) is 5.32 Å². The lowest BCUT2D eigenvalue weighted by Gasteiger charge is -2.38. The Bertz CT molecular complexity index is 447. The van der Waals surface area contributed by atoms with E-state index in [1.54, 1.807) is 24.3 Å². The summed E-state index contributed by atoms with van der Waals surface area (Å²) in [5, 5.41) is 21.7. The number of carbonyl (C=O) groups is 1. The molecule has 1 fully saturated rings. The standard InChI is InChI=1S/C16H23NO3/c1-12-6-8-16(11-19,9-7-12)17-15(20)14-4-2-13(10-18)3-5-14/h2-5,12,18-19H,6-11H2,1H3,(H,17,20). The zero-order valence-electron chi connectivity index (χ0n) is 11.9. The van der Waals surface area contributed by atoms with Gasteiger partial charge in [0.25, 0.3) is 5.91 Å². The molecular formula is C16H23NO3. The van der Waals surface area contributed by atoms with Gasteiger partial charge in [-0.05, 0) is 49.3 Å². The van der Waals surface area contributed by atoms with Crippen LogP contribution >= 0.6 is 0 Å². The van der Waals surface area contributed by atoms with Crippen molar-refractivity contribution in [3.05, 3.63) is 35.4 Å². The molecule has 0 saturated heterocycles. The number of hydrogen-bond donors (Lipinski definition) is 3. The average Bonchev–Trinajstić information content (AvgIpc) is 2.50. The summed E-state index contributed by atoms with van der Waals surface area (Å²) in [4.78, 5) is 12.3. The molecule has 0 spiro atoms. The number of rotatable bonds is 4. The molecule has 4 nitrogen and oxygen atoms in total. The highest BCUT2D eigenvalue weighted by atomic mass is 16.3. The van der Waals surface area contributed by atoms with E-state index >= 15 is 0 Å². The highest BCUT2D eigenvalue weighted by Gasteiger charge is 2.35. The monoisotopic (exact) mass is 277 g/mol. The van der Waals surface area contributed by atoms with Gasteiger partial charge in [-0.25, -0.2) is 0 Å². The Morgan fingerprint density at radius 2 is 1.85 bits per heavy atom. The van der Waals surface area contributed by atoms with E-state index in [1.807, 2.05) is 0 Å². The van der Waals surface area contributed by atoms with Gasteiger partial charge in [0.2, 0.25) is 0 Å². The van der Waals surface area contributed by atoms with Crippen LogP contribution in [0.2, 0.25) is 0 Å². The van der Waals surface area contributed by atoms with Crippen LogP contribution in [0.15, 0.2) is 24.3 Å². The van der Waals surface area contributed by atoms with Gasteiger partial charge in [0.1, 0.15) is 0 Å². The molecule has 0 atom stereocenters. The van der Waals surface area contributed by atoms with E-state index in [0.29, 0.717) is 11.5 Å². The van der Waals surface area contributed by atoms with Crippen molar-refractivity contribution in [2.75, 3.05) is 6.61 Å². The van der Waals surface area contributed by atoms with Gasteiger partial charge in [-0.2, -0.15) is 0 Å². The van der Waals surface area contributed by atoms with Gasteiger partial charge < -0.3 is 15.5 Å². The van der Waals surface area contributed by atoms with Gasteiger partial charge in [0, 0.05) is 5.56 Å². The minimum atomic E-state index is -0.473. The van der Waals surface area contributed by atoms with Crippen LogP contribution in [-0.2, 0) is 6.61 Å². The number of aliphatic hydroxyl groups is 2. The third kappa shape index (κ3) is 3.38. The van der Waals surface area contributed by atoms with Crippen LogP contribution in [0.4, 0.5) is 0 Å². The smallest absolute Gasteiger partial charge is 0.251 e. The van der Waals surface area contributed by atoms with Crippen molar-refractivity contribution in [3.8, 4) is 0 Å². The number of benzene rings is 1. The van der Waals surface area contributed by atoms with E-state index in [1.165, 1.54) is 0 Å². The summed E-state index contributed by atoms with van der Waals surface area (Å²) in [6.07, 6.45) is 3.71. The fraction of sp³-hybridized carbons (Fsp3) is 0.562. The molecule has 1 amide bonds. The van der Waals surface area contributed by atoms with E-state index in [9.17, 15) is 9.90 Å². The summed E-state index contributed by atoms with van der Waals surface area (Å²) in [6.45, 7) is 2.16. The molecule has 1 saturated carbocycles. The summed E-state index contributed by atoms with van der Waals surface area (Å²) in [6, 6.07) is 6.89. The molecule has 3 N–H and O–H groups in total. The summed E-state index contributed by atoms with van der Waals surface area (Å²) < 4.78 is 0. The first kappa shape index (κ1) is 15.0. The van der Waals surface area contributed by atoms with Gasteiger partial charge in [0.05, 0.1) is 18.8 Å². The Hall–Kier alpha value is -1.39. The molecule has 0 aliphatic heterocycles. The van der Waals surface area contributed by atoms with Crippen LogP contribution in [0.25, 0.3) is 0 Å². The second-order valence-electron chi connectivity index (χ2n) is 5.93. The van der Waals surface area contributed by atoms with Crippen molar-refractivity contribution in [2.24, 2.45) is 5.92 Å². The van der Waals surface area contributed by atoms with Gasteiger partial charge in [0.15, 0.2) is 0 Å². The SMILES string of the molecule is CC1CCC(CO)(NC(=O)c2ccc(CO)cc2)CC1. The summed E-state index contributed by atoms with van der Waals surface area (Å²) >= 11 is 0. The number of aliphatic hydroxyl groups excluding tert-OH is 2. The lowest BCUT2D eigenvalue weighted by atomic mass is 9.77. The second kappa shape index (κ2) is 6.37. The van der Waals surface area contributed by atoms with Gasteiger partial charge >= 0.3 is 0 Å². The molecule has 1 aromatic carbocycles. The summed E-state index contributed by atoms with van der Waals surface area (Å²) in [5.41, 5.74) is 0.873. The quantitative estimate of drug-likeness (QED) is 0.786. The van der Waals surface area contributed by atoms with E-state index in [4.69, 9.17) is 5.11 Å². The number of carbonyl (C=O) groups excluding carboxylic acids is 1. The molecule has 1 aliphatic carbocycles. The van der Waals surface area contributed by atoms with Crippen LogP contribution in [-0.4, -0.2) is 28.3 Å². The number of nitrogens with one attached hydrogen (secondary N) is 1. The van der Waals surface area contributed by atoms with Crippen LogP contribution in [0.5, 0.6) is 0 Å². The molecular weight excluding hydrogens is 254 g/mol. The lowest BCUT2D eigenvalue weighted by Crippen LogP contribution is -2.53. The molecule has 1 aliphatic rings. The third-order valence-corrected chi connectivity index (χ3v) is 4.31. The first-order valence-electron chi connectivity index (χ1n) is 7.22. The Morgan fingerprint density at radius 1 is 1.25 bits per heavy atom. The third-order valence-electron chi connectivity index (χ3n) is 4.31. The predicted molar refractivity (Wildman–Crippen MR) is 77.3 cm³/mol. The highest BCUT2D eigenvalue weighted by molar-refractivity contribution is 5.94. The molecule has 20 heavy (non-hydrogen) atoms. The van der Waals surface area contributed by atoms with Crippen LogP contribution in [0.3, 0.4) is 0 Å². The maximum absolute atomic E-state index is 12.3. The fourth-order valence-corrected chi connectivity index (χ4v) is 2.71. The van der Waals surface area contributed by atoms with E-state index in [2.05, 4.69) is 12.2 Å². The Balaban J connectivity index is 2.04. The van der Waals surface area contributed by atoms with Gasteiger partial charge in [-0.15, -0.1) is 0 Å². The molecule has 0 bridgehead atoms. The van der Waals surface area contributed by atoms with E-state index in [-0.39, 0.29) is 19.1 Å². The fourth-order valence-electron chi connectivity index (χ4n) is 2.71. The molecule has 110 valence electrons. The Labute approximate surface area is 119 Å². The summed E-state index contributed by atoms with van der Waals surface area (Å²) in [7, 11) is 0. The van der Waals surface area contributed by atoms with E-state index in [0.717, 1.165) is 31.2 Å². The highest BCUT2D eigenvalue weighted by Crippen LogP contribution is 2.31. The molecule has 0 unspecified atom stereocenters. The maximum atomic E-state index is 12.3. The number of hydrogen-bond acceptors (Lipinski definition) is 3. The minimum Gasteiger partial charge on any atom is -0.394 e. The van der Waals surface area contributed by atoms with Crippen molar-refractivity contribution >= 4 is 5.91 Å². The predicted octanol–water partition coefficient (Wildman–Crippen LogP) is 1.85. The maximum Gasteiger partial charge on any atom is 0.251 e. The largest absolute Gasteiger partial charge is 0.394 e. The van der Waals surface area contributed by atoms with Gasteiger partial charge in [-0.1, -0.05) is 19.1 Å². The first-order chi connectivity index (χ1) is 9.58. The molecule has 0 radical (unpaired) electrons. The van der Waals surface area contributed by atoms with E-state index < -0.39 is 5.54 Å². The van der Waals surface area contributed by atoms with Crippen LogP contribution in [0, 0.1) is 5.92 Å². The topological polar surface area (TPSA) is 69.6 Å².